The number of carbonyl (C=O) groups is 3. The van der Waals surface area contributed by atoms with Gasteiger partial charge in [-0.25, -0.2) is 13.6 Å². The van der Waals surface area contributed by atoms with Gasteiger partial charge in [-0.15, -0.1) is 12.6 Å². The molecular weight excluding hydrogens is 486 g/mol. The van der Waals surface area contributed by atoms with Gasteiger partial charge in [0.2, 0.25) is 5.12 Å². The minimum atomic E-state index is -2.08. The summed E-state index contributed by atoms with van der Waals surface area (Å²) in [6.45, 7) is 5.02. The zero-order valence-electron chi connectivity index (χ0n) is 20.5. The van der Waals surface area contributed by atoms with Crippen LogP contribution in [-0.4, -0.2) is 39.4 Å². The molecule has 0 radical (unpaired) electrons. The molecular formula is C28H30F2O5S. The number of rotatable bonds is 3. The lowest BCUT2D eigenvalue weighted by atomic mass is 9.44. The molecule has 8 atom stereocenters. The molecule has 3 saturated carbocycles. The quantitative estimate of drug-likeness (QED) is 0.409. The SMILES string of the molecule is C[C@@H]1C[C@H]2[C@@H]3C[C@H](F)C4=CC(O)=CC(=O)[C@]4(C)[C@@]3(F)CC[C@]2(C)[C@@]1(OC(=O)c1ccccc1)C(=O)S. The van der Waals surface area contributed by atoms with Gasteiger partial charge in [0.25, 0.3) is 0 Å². The zero-order valence-corrected chi connectivity index (χ0v) is 21.4. The van der Waals surface area contributed by atoms with Gasteiger partial charge in [-0.05, 0) is 62.3 Å². The number of ketones is 1. The van der Waals surface area contributed by atoms with Crippen LogP contribution in [0.3, 0.4) is 0 Å². The summed E-state index contributed by atoms with van der Waals surface area (Å²) in [6.07, 6.45) is 0.671. The second kappa shape index (κ2) is 8.01. The number of alkyl halides is 2. The number of halogens is 2. The van der Waals surface area contributed by atoms with Crippen molar-refractivity contribution in [3.05, 3.63) is 59.4 Å². The first-order valence-corrected chi connectivity index (χ1v) is 12.8. The predicted octanol–water partition coefficient (Wildman–Crippen LogP) is 5.52. The first kappa shape index (κ1) is 25.2. The van der Waals surface area contributed by atoms with E-state index < -0.39 is 62.9 Å². The Morgan fingerprint density at radius 3 is 2.39 bits per heavy atom. The Morgan fingerprint density at radius 2 is 1.75 bits per heavy atom. The molecule has 5 rings (SSSR count). The molecule has 0 spiro atoms. The Balaban J connectivity index is 1.59. The first-order valence-electron chi connectivity index (χ1n) is 12.3. The lowest BCUT2D eigenvalue weighted by molar-refractivity contribution is -0.186. The average Bonchev–Trinajstić information content (AvgIpc) is 3.05. The van der Waals surface area contributed by atoms with E-state index in [2.05, 4.69) is 12.6 Å². The van der Waals surface area contributed by atoms with Crippen LogP contribution in [0.1, 0.15) is 56.8 Å². The standard InChI is InChI=1S/C28H30F2O5S/c1-15-11-18-19-14-21(29)20-12-17(31)13-22(32)26(20,3)27(19,30)10-9-25(18,2)28(15,24(34)36)35-23(33)16-7-5-4-6-8-16/h4-8,12-13,15,18-19,21,31H,9-11,14H2,1-3H3,(H,34,36)/t15-,18+,19+,21+,25+,26-,27-,28+/m1/s1. The van der Waals surface area contributed by atoms with Gasteiger partial charge in [0.1, 0.15) is 17.6 Å². The van der Waals surface area contributed by atoms with Crippen LogP contribution >= 0.6 is 12.6 Å². The van der Waals surface area contributed by atoms with Crippen molar-refractivity contribution in [1.82, 2.24) is 0 Å². The van der Waals surface area contributed by atoms with Crippen molar-refractivity contribution in [3.8, 4) is 0 Å². The van der Waals surface area contributed by atoms with Gasteiger partial charge in [-0.2, -0.15) is 0 Å². The highest BCUT2D eigenvalue weighted by atomic mass is 32.1. The van der Waals surface area contributed by atoms with E-state index in [0.29, 0.717) is 6.42 Å². The molecule has 1 N–H and O–H groups in total. The molecule has 0 saturated heterocycles. The van der Waals surface area contributed by atoms with E-state index in [9.17, 15) is 19.5 Å². The fourth-order valence-corrected chi connectivity index (χ4v) is 8.52. The number of allylic oxidation sites excluding steroid dienone is 3. The summed E-state index contributed by atoms with van der Waals surface area (Å²) in [6, 6.07) is 8.32. The Hall–Kier alpha value is -2.48. The number of benzene rings is 1. The number of hydrogen-bond acceptors (Lipinski definition) is 5. The lowest BCUT2D eigenvalue weighted by Gasteiger charge is -2.61. The molecule has 0 amide bonds. The largest absolute Gasteiger partial charge is 0.508 e. The van der Waals surface area contributed by atoms with Gasteiger partial charge < -0.3 is 9.84 Å². The van der Waals surface area contributed by atoms with Crippen LogP contribution in [0.4, 0.5) is 8.78 Å². The van der Waals surface area contributed by atoms with Gasteiger partial charge in [0, 0.05) is 23.3 Å². The summed E-state index contributed by atoms with van der Waals surface area (Å²) in [5.74, 6) is -3.63. The fraction of sp³-hybridized carbons (Fsp3) is 0.536. The van der Waals surface area contributed by atoms with E-state index in [1.54, 1.807) is 37.3 Å². The van der Waals surface area contributed by atoms with Crippen molar-refractivity contribution in [2.45, 2.75) is 63.9 Å². The number of fused-ring (bicyclic) bond motifs is 5. The Kier molecular flexibility index (Phi) is 5.60. The topological polar surface area (TPSA) is 80.7 Å². The summed E-state index contributed by atoms with van der Waals surface area (Å²) >= 11 is 4.19. The molecule has 3 fully saturated rings. The van der Waals surface area contributed by atoms with Crippen molar-refractivity contribution in [2.75, 3.05) is 0 Å². The molecule has 4 aliphatic carbocycles. The van der Waals surface area contributed by atoms with Crippen molar-refractivity contribution in [2.24, 2.45) is 28.6 Å². The maximum Gasteiger partial charge on any atom is 0.339 e. The van der Waals surface area contributed by atoms with Crippen molar-refractivity contribution < 1.29 is 33.0 Å². The minimum absolute atomic E-state index is 0.0343. The zero-order chi connectivity index (χ0) is 26.3. The summed E-state index contributed by atoms with van der Waals surface area (Å²) in [4.78, 5) is 39.5. The fourth-order valence-electron chi connectivity index (χ4n) is 8.00. The van der Waals surface area contributed by atoms with Crippen LogP contribution in [0.25, 0.3) is 0 Å². The molecule has 36 heavy (non-hydrogen) atoms. The van der Waals surface area contributed by atoms with E-state index >= 15 is 8.78 Å². The van der Waals surface area contributed by atoms with E-state index in [1.165, 1.54) is 13.0 Å². The predicted molar refractivity (Wildman–Crippen MR) is 132 cm³/mol. The summed E-state index contributed by atoms with van der Waals surface area (Å²) in [5.41, 5.74) is -6.24. The summed E-state index contributed by atoms with van der Waals surface area (Å²) < 4.78 is 38.9. The second-order valence-electron chi connectivity index (χ2n) is 11.3. The number of hydrogen-bond donors (Lipinski definition) is 2. The van der Waals surface area contributed by atoms with Crippen LogP contribution in [0, 0.1) is 28.6 Å². The van der Waals surface area contributed by atoms with Crippen LogP contribution in [0.2, 0.25) is 0 Å². The third-order valence-electron chi connectivity index (χ3n) is 9.91. The van der Waals surface area contributed by atoms with E-state index in [0.717, 1.165) is 6.08 Å². The molecule has 0 aromatic heterocycles. The third-order valence-corrected chi connectivity index (χ3v) is 10.2. The minimum Gasteiger partial charge on any atom is -0.508 e. The van der Waals surface area contributed by atoms with E-state index in [4.69, 9.17) is 4.74 Å². The van der Waals surface area contributed by atoms with Crippen molar-refractivity contribution in [3.63, 3.8) is 0 Å². The first-order chi connectivity index (χ1) is 16.8. The Morgan fingerprint density at radius 1 is 1.08 bits per heavy atom. The Bertz CT molecular complexity index is 1210. The van der Waals surface area contributed by atoms with Crippen LogP contribution in [0.15, 0.2) is 53.8 Å². The van der Waals surface area contributed by atoms with Gasteiger partial charge in [0.15, 0.2) is 11.4 Å². The second-order valence-corrected chi connectivity index (χ2v) is 11.7. The molecule has 8 heteroatoms. The average molecular weight is 517 g/mol. The highest BCUT2D eigenvalue weighted by molar-refractivity contribution is 7.96. The molecule has 192 valence electrons. The normalized spacial score (nSPS) is 43.4. The highest BCUT2D eigenvalue weighted by Gasteiger charge is 2.76. The smallest absolute Gasteiger partial charge is 0.339 e. The maximum atomic E-state index is 17.3. The number of aliphatic hydroxyl groups excluding tert-OH is 1. The molecule has 0 unspecified atom stereocenters. The maximum absolute atomic E-state index is 17.3. The number of esters is 1. The summed E-state index contributed by atoms with van der Waals surface area (Å²) in [7, 11) is 0. The monoisotopic (exact) mass is 516 g/mol. The van der Waals surface area contributed by atoms with Crippen molar-refractivity contribution in [1.29, 1.82) is 0 Å². The van der Waals surface area contributed by atoms with Crippen LogP contribution in [0.5, 0.6) is 0 Å². The third kappa shape index (κ3) is 2.96. The number of ether oxygens (including phenoxy) is 1. The van der Waals surface area contributed by atoms with Gasteiger partial charge >= 0.3 is 5.97 Å². The van der Waals surface area contributed by atoms with Crippen molar-refractivity contribution >= 4 is 29.5 Å². The molecule has 4 aliphatic rings. The molecule has 0 bridgehead atoms. The van der Waals surface area contributed by atoms with Crippen LogP contribution in [-0.2, 0) is 14.3 Å². The van der Waals surface area contributed by atoms with Crippen LogP contribution < -0.4 is 0 Å². The van der Waals surface area contributed by atoms with E-state index in [1.807, 2.05) is 6.92 Å². The molecule has 0 heterocycles. The number of thiol groups is 1. The molecule has 1 aromatic carbocycles. The Labute approximate surface area is 214 Å². The molecule has 5 nitrogen and oxygen atoms in total. The summed E-state index contributed by atoms with van der Waals surface area (Å²) in [5, 5.41) is 9.33. The molecule has 1 aromatic rings. The van der Waals surface area contributed by atoms with E-state index in [-0.39, 0.29) is 36.2 Å². The lowest BCUT2D eigenvalue weighted by Crippen LogP contribution is -2.67. The number of aliphatic hydroxyl groups is 1. The highest BCUT2D eigenvalue weighted by Crippen LogP contribution is 2.71. The van der Waals surface area contributed by atoms with Gasteiger partial charge in [0.05, 0.1) is 11.0 Å². The number of carbonyl (C=O) groups excluding carboxylic acids is 3. The molecule has 0 aliphatic heterocycles. The van der Waals surface area contributed by atoms with Gasteiger partial charge in [-0.1, -0.05) is 32.0 Å². The van der Waals surface area contributed by atoms with Gasteiger partial charge in [-0.3, -0.25) is 9.59 Å².